The fraction of sp³-hybridized carbons (Fsp3) is 0.600. The molecule has 174 valence electrons. The van der Waals surface area contributed by atoms with E-state index in [1.807, 2.05) is 36.1 Å². The number of aryl methyl sites for hydroxylation is 1. The van der Waals surface area contributed by atoms with Gasteiger partial charge in [-0.05, 0) is 44.6 Å². The van der Waals surface area contributed by atoms with Gasteiger partial charge in [-0.1, -0.05) is 30.3 Å². The van der Waals surface area contributed by atoms with Crippen molar-refractivity contribution in [2.45, 2.75) is 57.7 Å². The highest BCUT2D eigenvalue weighted by Gasteiger charge is 2.34. The van der Waals surface area contributed by atoms with Gasteiger partial charge in [0.2, 0.25) is 0 Å². The second-order valence-electron chi connectivity index (χ2n) is 9.10. The molecule has 0 unspecified atom stereocenters. The number of urea groups is 1. The van der Waals surface area contributed by atoms with Crippen molar-refractivity contribution in [2.75, 3.05) is 32.8 Å². The molecule has 2 saturated heterocycles. The quantitative estimate of drug-likeness (QED) is 0.720. The Morgan fingerprint density at radius 2 is 1.81 bits per heavy atom. The number of nitrogens with zero attached hydrogens (tertiary/aromatic N) is 4. The molecule has 2 aliphatic heterocycles. The fourth-order valence-corrected chi connectivity index (χ4v) is 4.94. The van der Waals surface area contributed by atoms with E-state index >= 15 is 0 Å². The minimum Gasteiger partial charge on any atom is -0.381 e. The van der Waals surface area contributed by atoms with E-state index in [4.69, 9.17) is 4.74 Å². The summed E-state index contributed by atoms with van der Waals surface area (Å²) in [4.78, 5) is 18.0. The molecule has 7 heteroatoms. The van der Waals surface area contributed by atoms with E-state index in [1.165, 1.54) is 16.8 Å². The minimum absolute atomic E-state index is 0.0920. The summed E-state index contributed by atoms with van der Waals surface area (Å²) in [5.41, 5.74) is 3.78. The molecule has 1 aromatic heterocycles. The first kappa shape index (κ1) is 22.8. The summed E-state index contributed by atoms with van der Waals surface area (Å²) >= 11 is 0. The average Bonchev–Trinajstić information content (AvgIpc) is 3.14. The molecule has 2 aromatic rings. The number of benzene rings is 1. The van der Waals surface area contributed by atoms with Crippen molar-refractivity contribution in [1.29, 1.82) is 0 Å². The lowest BCUT2D eigenvalue weighted by molar-refractivity contribution is 0.0204. The van der Waals surface area contributed by atoms with Crippen LogP contribution in [0.1, 0.15) is 42.5 Å². The lowest BCUT2D eigenvalue weighted by Crippen LogP contribution is -2.56. The largest absolute Gasteiger partial charge is 0.381 e. The number of aromatic nitrogens is 2. The summed E-state index contributed by atoms with van der Waals surface area (Å²) < 4.78 is 7.52. The van der Waals surface area contributed by atoms with E-state index in [9.17, 15) is 4.79 Å². The Balaban J connectivity index is 1.34. The fourth-order valence-electron chi connectivity index (χ4n) is 4.94. The van der Waals surface area contributed by atoms with Gasteiger partial charge in [0.15, 0.2) is 0 Å². The van der Waals surface area contributed by atoms with Gasteiger partial charge < -0.3 is 15.0 Å². The van der Waals surface area contributed by atoms with E-state index in [-0.39, 0.29) is 12.1 Å². The van der Waals surface area contributed by atoms with Gasteiger partial charge in [-0.15, -0.1) is 0 Å². The summed E-state index contributed by atoms with van der Waals surface area (Å²) in [5.74, 6) is 0. The van der Waals surface area contributed by atoms with Crippen LogP contribution in [-0.4, -0.2) is 70.5 Å². The molecule has 0 radical (unpaired) electrons. The molecule has 7 nitrogen and oxygen atoms in total. The zero-order chi connectivity index (χ0) is 22.3. The van der Waals surface area contributed by atoms with Crippen LogP contribution < -0.4 is 5.32 Å². The smallest absolute Gasteiger partial charge is 0.317 e. The number of amides is 2. The Morgan fingerprint density at radius 3 is 2.47 bits per heavy atom. The van der Waals surface area contributed by atoms with Gasteiger partial charge in [0.05, 0.1) is 6.20 Å². The van der Waals surface area contributed by atoms with E-state index in [1.54, 1.807) is 0 Å². The Hall–Kier alpha value is -2.38. The van der Waals surface area contributed by atoms with Crippen molar-refractivity contribution < 1.29 is 9.53 Å². The number of carbonyl (C=O) groups is 1. The molecule has 3 heterocycles. The minimum atomic E-state index is 0.0920. The molecule has 2 fully saturated rings. The maximum atomic E-state index is 13.3. The number of hydrogen-bond donors (Lipinski definition) is 1. The van der Waals surface area contributed by atoms with Gasteiger partial charge >= 0.3 is 6.03 Å². The maximum absolute atomic E-state index is 13.3. The number of ether oxygens (including phenoxy) is 1. The van der Waals surface area contributed by atoms with Crippen molar-refractivity contribution in [3.05, 3.63) is 53.3 Å². The van der Waals surface area contributed by atoms with E-state index < -0.39 is 0 Å². The second kappa shape index (κ2) is 11.0. The van der Waals surface area contributed by atoms with E-state index in [0.29, 0.717) is 12.6 Å². The third-order valence-corrected chi connectivity index (χ3v) is 7.03. The Labute approximate surface area is 191 Å². The second-order valence-corrected chi connectivity index (χ2v) is 9.10. The Bertz CT molecular complexity index is 854. The van der Waals surface area contributed by atoms with Gasteiger partial charge in [-0.2, -0.15) is 5.10 Å². The van der Waals surface area contributed by atoms with Crippen molar-refractivity contribution in [1.82, 2.24) is 24.9 Å². The Morgan fingerprint density at radius 1 is 1.12 bits per heavy atom. The first-order chi connectivity index (χ1) is 15.6. The molecule has 1 aromatic carbocycles. The average molecular weight is 440 g/mol. The van der Waals surface area contributed by atoms with Crippen molar-refractivity contribution in [3.63, 3.8) is 0 Å². The summed E-state index contributed by atoms with van der Waals surface area (Å²) in [6.45, 7) is 7.25. The SMILES string of the molecule is Cc1c(CN2CCC(N(C(=O)NCCc3ccccc3)C3CCOCC3)CC2)cnn1C. The molecular formula is C25H37N5O2. The van der Waals surface area contributed by atoms with Crippen LogP contribution in [0.25, 0.3) is 0 Å². The molecule has 0 bridgehead atoms. The predicted octanol–water partition coefficient (Wildman–Crippen LogP) is 3.13. The predicted molar refractivity (Wildman–Crippen MR) is 125 cm³/mol. The molecule has 2 aliphatic rings. The van der Waals surface area contributed by atoms with E-state index in [2.05, 4.69) is 39.3 Å². The molecule has 1 N–H and O–H groups in total. The molecule has 0 spiro atoms. The lowest BCUT2D eigenvalue weighted by Gasteiger charge is -2.43. The lowest BCUT2D eigenvalue weighted by atomic mass is 9.98. The van der Waals surface area contributed by atoms with Gasteiger partial charge in [0, 0.05) is 69.8 Å². The highest BCUT2D eigenvalue weighted by Crippen LogP contribution is 2.25. The summed E-state index contributed by atoms with van der Waals surface area (Å²) in [7, 11) is 1.99. The van der Waals surface area contributed by atoms with Crippen molar-refractivity contribution in [3.8, 4) is 0 Å². The third kappa shape index (κ3) is 5.70. The topological polar surface area (TPSA) is 62.6 Å². The monoisotopic (exact) mass is 439 g/mol. The van der Waals surface area contributed by atoms with Crippen LogP contribution in [0.3, 0.4) is 0 Å². The number of rotatable bonds is 7. The highest BCUT2D eigenvalue weighted by molar-refractivity contribution is 5.75. The van der Waals surface area contributed by atoms with Crippen LogP contribution >= 0.6 is 0 Å². The number of nitrogens with one attached hydrogen (secondary N) is 1. The summed E-state index contributed by atoms with van der Waals surface area (Å²) in [5, 5.41) is 7.59. The standard InChI is InChI=1S/C25H37N5O2/c1-20-22(18-27-28(20)2)19-29-14-9-23(10-15-29)30(24-11-16-32-17-12-24)25(31)26-13-8-21-6-4-3-5-7-21/h3-7,18,23-24H,8-17,19H2,1-2H3,(H,26,31). The van der Waals surface area contributed by atoms with Gasteiger partial charge in [-0.3, -0.25) is 9.58 Å². The number of likely N-dealkylation sites (tertiary alicyclic amines) is 1. The molecular weight excluding hydrogens is 402 g/mol. The van der Waals surface area contributed by atoms with Gasteiger partial charge in [0.25, 0.3) is 0 Å². The zero-order valence-electron chi connectivity index (χ0n) is 19.5. The number of carbonyl (C=O) groups excluding carboxylic acids is 1. The first-order valence-electron chi connectivity index (χ1n) is 12.0. The van der Waals surface area contributed by atoms with E-state index in [0.717, 1.165) is 65.0 Å². The van der Waals surface area contributed by atoms with Gasteiger partial charge in [-0.25, -0.2) is 4.79 Å². The molecule has 0 saturated carbocycles. The molecule has 0 atom stereocenters. The number of hydrogen-bond acceptors (Lipinski definition) is 4. The third-order valence-electron chi connectivity index (χ3n) is 7.03. The molecule has 32 heavy (non-hydrogen) atoms. The number of piperidine rings is 1. The zero-order valence-corrected chi connectivity index (χ0v) is 19.5. The van der Waals surface area contributed by atoms with Gasteiger partial charge in [0.1, 0.15) is 0 Å². The maximum Gasteiger partial charge on any atom is 0.317 e. The summed E-state index contributed by atoms with van der Waals surface area (Å²) in [6.07, 6.45) is 6.74. The normalized spacial score (nSPS) is 18.6. The van der Waals surface area contributed by atoms with Crippen LogP contribution in [0.4, 0.5) is 4.79 Å². The van der Waals surface area contributed by atoms with Crippen LogP contribution in [-0.2, 0) is 24.8 Å². The van der Waals surface area contributed by atoms with Crippen LogP contribution in [0.15, 0.2) is 36.5 Å². The highest BCUT2D eigenvalue weighted by atomic mass is 16.5. The van der Waals surface area contributed by atoms with Crippen molar-refractivity contribution in [2.24, 2.45) is 7.05 Å². The molecule has 4 rings (SSSR count). The van der Waals surface area contributed by atoms with Crippen molar-refractivity contribution >= 4 is 6.03 Å². The Kier molecular flexibility index (Phi) is 7.81. The molecule has 2 amide bonds. The first-order valence-corrected chi connectivity index (χ1v) is 12.0. The van der Waals surface area contributed by atoms with Crippen LogP contribution in [0.2, 0.25) is 0 Å². The van der Waals surface area contributed by atoms with Crippen LogP contribution in [0.5, 0.6) is 0 Å². The van der Waals surface area contributed by atoms with Crippen LogP contribution in [0, 0.1) is 6.92 Å². The molecule has 0 aliphatic carbocycles. The summed E-state index contributed by atoms with van der Waals surface area (Å²) in [6, 6.07) is 11.0.